The van der Waals surface area contributed by atoms with Gasteiger partial charge in [-0.05, 0) is 30.5 Å². The van der Waals surface area contributed by atoms with Gasteiger partial charge in [0, 0.05) is 25.2 Å². The van der Waals surface area contributed by atoms with Crippen LogP contribution in [0.25, 0.3) is 0 Å². The van der Waals surface area contributed by atoms with Crippen LogP contribution in [0.5, 0.6) is 0 Å². The summed E-state index contributed by atoms with van der Waals surface area (Å²) in [5.41, 5.74) is 7.38. The average Bonchev–Trinajstić information content (AvgIpc) is 2.48. The molecule has 0 atom stereocenters. The second-order valence-electron chi connectivity index (χ2n) is 4.93. The van der Waals surface area contributed by atoms with Crippen LogP contribution < -0.4 is 5.73 Å². The topological polar surface area (TPSA) is 46.3 Å². The fourth-order valence-corrected chi connectivity index (χ4v) is 2.18. The first-order valence-corrected chi connectivity index (χ1v) is 7.24. The number of amides is 1. The van der Waals surface area contributed by atoms with Crippen molar-refractivity contribution >= 4 is 18.3 Å². The third-order valence-corrected chi connectivity index (χ3v) is 3.74. The fourth-order valence-electron chi connectivity index (χ4n) is 2.18. The third-order valence-electron chi connectivity index (χ3n) is 3.74. The third kappa shape index (κ3) is 5.14. The maximum absolute atomic E-state index is 12.4. The lowest BCUT2D eigenvalue weighted by Gasteiger charge is -2.25. The van der Waals surface area contributed by atoms with Crippen molar-refractivity contribution in [1.29, 1.82) is 0 Å². The van der Waals surface area contributed by atoms with E-state index < -0.39 is 0 Å². The van der Waals surface area contributed by atoms with Crippen LogP contribution in [-0.4, -0.2) is 23.9 Å². The van der Waals surface area contributed by atoms with Gasteiger partial charge in [0.1, 0.15) is 0 Å². The molecule has 114 valence electrons. The van der Waals surface area contributed by atoms with Gasteiger partial charge >= 0.3 is 0 Å². The Labute approximate surface area is 128 Å². The van der Waals surface area contributed by atoms with Crippen molar-refractivity contribution in [2.24, 2.45) is 11.7 Å². The monoisotopic (exact) mass is 298 g/mol. The van der Waals surface area contributed by atoms with Crippen molar-refractivity contribution in [1.82, 2.24) is 4.90 Å². The van der Waals surface area contributed by atoms with Crippen LogP contribution in [0.2, 0.25) is 0 Å². The van der Waals surface area contributed by atoms with Gasteiger partial charge < -0.3 is 10.6 Å². The van der Waals surface area contributed by atoms with Gasteiger partial charge in [0.25, 0.3) is 5.91 Å². The van der Waals surface area contributed by atoms with Gasteiger partial charge in [-0.1, -0.05) is 38.8 Å². The minimum Gasteiger partial charge on any atom is -0.339 e. The minimum absolute atomic E-state index is 0. The highest BCUT2D eigenvalue weighted by Gasteiger charge is 2.17. The number of hydrogen-bond acceptors (Lipinski definition) is 2. The molecule has 0 aliphatic carbocycles. The molecule has 0 aliphatic rings. The molecular weight excluding hydrogens is 272 g/mol. The molecule has 3 nitrogen and oxygen atoms in total. The number of nitrogens with zero attached hydrogens (tertiary/aromatic N) is 1. The van der Waals surface area contributed by atoms with Gasteiger partial charge in [0.15, 0.2) is 0 Å². The van der Waals surface area contributed by atoms with Crippen LogP contribution in [0, 0.1) is 5.92 Å². The van der Waals surface area contributed by atoms with Crippen LogP contribution in [0.3, 0.4) is 0 Å². The van der Waals surface area contributed by atoms with E-state index in [1.54, 1.807) is 0 Å². The molecule has 20 heavy (non-hydrogen) atoms. The normalized spacial score (nSPS) is 10.2. The maximum Gasteiger partial charge on any atom is 0.253 e. The van der Waals surface area contributed by atoms with Crippen LogP contribution in [0.4, 0.5) is 0 Å². The van der Waals surface area contributed by atoms with E-state index in [9.17, 15) is 4.79 Å². The van der Waals surface area contributed by atoms with Crippen molar-refractivity contribution in [3.63, 3.8) is 0 Å². The van der Waals surface area contributed by atoms with Crippen molar-refractivity contribution in [3.8, 4) is 0 Å². The van der Waals surface area contributed by atoms with Crippen LogP contribution in [0.15, 0.2) is 24.3 Å². The van der Waals surface area contributed by atoms with E-state index in [1.165, 1.54) is 0 Å². The van der Waals surface area contributed by atoms with Gasteiger partial charge in [-0.15, -0.1) is 12.4 Å². The standard InChI is InChI=1S/C16H26N2O.ClH/c1-4-13(5-2)12-18(6-3)16(19)15-9-7-14(11-17)8-10-15;/h7-10,13H,4-6,11-12,17H2,1-3H3;1H. The molecule has 0 radical (unpaired) electrons. The molecule has 0 aliphatic heterocycles. The quantitative estimate of drug-likeness (QED) is 0.838. The lowest BCUT2D eigenvalue weighted by molar-refractivity contribution is 0.0735. The first kappa shape index (κ1) is 18.9. The fraction of sp³-hybridized carbons (Fsp3) is 0.562. The Hall–Kier alpha value is -1.06. The lowest BCUT2D eigenvalue weighted by Crippen LogP contribution is -2.35. The molecule has 0 unspecified atom stereocenters. The van der Waals surface area contributed by atoms with Crippen LogP contribution >= 0.6 is 12.4 Å². The molecule has 4 heteroatoms. The maximum atomic E-state index is 12.4. The summed E-state index contributed by atoms with van der Waals surface area (Å²) in [5.74, 6) is 0.713. The van der Waals surface area contributed by atoms with Gasteiger partial charge in [0.2, 0.25) is 0 Å². The number of benzene rings is 1. The molecular formula is C16H27ClN2O. The zero-order valence-electron chi connectivity index (χ0n) is 12.8. The number of halogens is 1. The van der Waals surface area contributed by atoms with Crippen molar-refractivity contribution < 1.29 is 4.79 Å². The molecule has 0 fully saturated rings. The molecule has 1 amide bonds. The highest BCUT2D eigenvalue weighted by atomic mass is 35.5. The summed E-state index contributed by atoms with van der Waals surface area (Å²) in [4.78, 5) is 14.4. The molecule has 0 heterocycles. The number of nitrogens with two attached hydrogens (primary N) is 1. The molecule has 1 aromatic rings. The molecule has 0 spiro atoms. The predicted molar refractivity (Wildman–Crippen MR) is 87.2 cm³/mol. The predicted octanol–water partition coefficient (Wildman–Crippen LogP) is 3.47. The Morgan fingerprint density at radius 3 is 2.10 bits per heavy atom. The molecule has 1 rings (SSSR count). The zero-order valence-corrected chi connectivity index (χ0v) is 13.6. The summed E-state index contributed by atoms with van der Waals surface area (Å²) in [5, 5.41) is 0. The van der Waals surface area contributed by atoms with Gasteiger partial charge in [-0.3, -0.25) is 4.79 Å². The van der Waals surface area contributed by atoms with Crippen LogP contribution in [0.1, 0.15) is 49.5 Å². The van der Waals surface area contributed by atoms with E-state index in [0.29, 0.717) is 12.5 Å². The van der Waals surface area contributed by atoms with E-state index in [1.807, 2.05) is 36.1 Å². The number of carbonyl (C=O) groups is 1. The first-order valence-electron chi connectivity index (χ1n) is 7.24. The van der Waals surface area contributed by atoms with Crippen LogP contribution in [-0.2, 0) is 6.54 Å². The summed E-state index contributed by atoms with van der Waals surface area (Å²) in [6.45, 7) is 8.52. The summed E-state index contributed by atoms with van der Waals surface area (Å²) in [7, 11) is 0. The van der Waals surface area contributed by atoms with Crippen molar-refractivity contribution in [3.05, 3.63) is 35.4 Å². The van der Waals surface area contributed by atoms with E-state index in [4.69, 9.17) is 5.73 Å². The second kappa shape index (κ2) is 9.78. The number of rotatable bonds is 7. The summed E-state index contributed by atoms with van der Waals surface area (Å²) in [6.07, 6.45) is 2.23. The van der Waals surface area contributed by atoms with E-state index >= 15 is 0 Å². The smallest absolute Gasteiger partial charge is 0.253 e. The van der Waals surface area contributed by atoms with Crippen molar-refractivity contribution in [2.45, 2.75) is 40.2 Å². The van der Waals surface area contributed by atoms with E-state index in [0.717, 1.165) is 37.1 Å². The van der Waals surface area contributed by atoms with E-state index in [2.05, 4.69) is 13.8 Å². The molecule has 2 N–H and O–H groups in total. The van der Waals surface area contributed by atoms with E-state index in [-0.39, 0.29) is 18.3 Å². The molecule has 1 aromatic carbocycles. The summed E-state index contributed by atoms with van der Waals surface area (Å²) < 4.78 is 0. The molecule has 0 saturated heterocycles. The Morgan fingerprint density at radius 2 is 1.70 bits per heavy atom. The van der Waals surface area contributed by atoms with Gasteiger partial charge in [-0.25, -0.2) is 0 Å². The summed E-state index contributed by atoms with van der Waals surface area (Å²) in [6, 6.07) is 7.61. The Morgan fingerprint density at radius 1 is 1.15 bits per heavy atom. The SMILES string of the molecule is CCC(CC)CN(CC)C(=O)c1ccc(CN)cc1.Cl. The molecule has 0 saturated carbocycles. The Balaban J connectivity index is 0.00000361. The number of hydrogen-bond donors (Lipinski definition) is 1. The Bertz CT molecular complexity index is 388. The highest BCUT2D eigenvalue weighted by Crippen LogP contribution is 2.13. The number of carbonyl (C=O) groups excluding carboxylic acids is 1. The zero-order chi connectivity index (χ0) is 14.3. The lowest BCUT2D eigenvalue weighted by atomic mass is 10.0. The summed E-state index contributed by atoms with van der Waals surface area (Å²) >= 11 is 0. The molecule has 0 bridgehead atoms. The van der Waals surface area contributed by atoms with Crippen molar-refractivity contribution in [2.75, 3.05) is 13.1 Å². The van der Waals surface area contributed by atoms with Gasteiger partial charge in [-0.2, -0.15) is 0 Å². The average molecular weight is 299 g/mol. The highest BCUT2D eigenvalue weighted by molar-refractivity contribution is 5.94. The largest absolute Gasteiger partial charge is 0.339 e. The van der Waals surface area contributed by atoms with Gasteiger partial charge in [0.05, 0.1) is 0 Å². The molecule has 0 aromatic heterocycles. The first-order chi connectivity index (χ1) is 9.15. The Kier molecular flexibility index (Phi) is 9.26. The minimum atomic E-state index is 0. The second-order valence-corrected chi connectivity index (χ2v) is 4.93.